The van der Waals surface area contributed by atoms with Gasteiger partial charge in [0.2, 0.25) is 10.0 Å². The highest BCUT2D eigenvalue weighted by Gasteiger charge is 2.21. The average Bonchev–Trinajstić information content (AvgIpc) is 2.30. The molecular weight excluding hydrogens is 243 g/mol. The Morgan fingerprint density at radius 3 is 2.88 bits per heavy atom. The molecule has 0 saturated carbocycles. The molecule has 1 fully saturated rings. The summed E-state index contributed by atoms with van der Waals surface area (Å²) in [5.41, 5.74) is 0. The Kier molecular flexibility index (Phi) is 3.76. The highest BCUT2D eigenvalue weighted by molar-refractivity contribution is 7.89. The molecule has 0 aliphatic carbocycles. The molecule has 0 radical (unpaired) electrons. The summed E-state index contributed by atoms with van der Waals surface area (Å²) in [5, 5.41) is 3.12. The summed E-state index contributed by atoms with van der Waals surface area (Å²) in [5.74, 6) is -0.547. The third-order valence-corrected chi connectivity index (χ3v) is 4.24. The predicted octanol–water partition coefficient (Wildman–Crippen LogP) is 0.856. The summed E-state index contributed by atoms with van der Waals surface area (Å²) < 4.78 is 39.4. The molecule has 6 heteroatoms. The lowest BCUT2D eigenvalue weighted by molar-refractivity contribution is 0.428. The van der Waals surface area contributed by atoms with E-state index in [4.69, 9.17) is 0 Å². The van der Waals surface area contributed by atoms with Crippen LogP contribution in [-0.4, -0.2) is 27.5 Å². The van der Waals surface area contributed by atoms with Crippen LogP contribution >= 0.6 is 0 Å². The molecule has 94 valence electrons. The minimum atomic E-state index is -3.61. The number of hydrogen-bond acceptors (Lipinski definition) is 3. The van der Waals surface area contributed by atoms with Crippen LogP contribution < -0.4 is 10.0 Å². The van der Waals surface area contributed by atoms with Crippen molar-refractivity contribution in [1.29, 1.82) is 0 Å². The van der Waals surface area contributed by atoms with Crippen LogP contribution in [0.15, 0.2) is 29.2 Å². The lowest BCUT2D eigenvalue weighted by Gasteiger charge is -2.23. The van der Waals surface area contributed by atoms with E-state index < -0.39 is 15.8 Å². The van der Waals surface area contributed by atoms with Crippen LogP contribution in [0, 0.1) is 5.82 Å². The first kappa shape index (κ1) is 12.5. The van der Waals surface area contributed by atoms with Crippen molar-refractivity contribution in [2.45, 2.75) is 23.8 Å². The Labute approximate surface area is 100 Å². The maximum absolute atomic E-state index is 13.0. The van der Waals surface area contributed by atoms with Gasteiger partial charge in [-0.05, 0) is 37.6 Å². The molecule has 0 spiro atoms. The second-order valence-electron chi connectivity index (χ2n) is 4.12. The summed E-state index contributed by atoms with van der Waals surface area (Å²) in [6.45, 7) is 1.53. The summed E-state index contributed by atoms with van der Waals surface area (Å²) in [7, 11) is -3.61. The Bertz CT molecular complexity index is 484. The van der Waals surface area contributed by atoms with Gasteiger partial charge in [-0.3, -0.25) is 0 Å². The number of halogens is 1. The fourth-order valence-corrected chi connectivity index (χ4v) is 3.18. The normalized spacial score (nSPS) is 21.4. The van der Waals surface area contributed by atoms with Crippen molar-refractivity contribution in [1.82, 2.24) is 10.0 Å². The van der Waals surface area contributed by atoms with E-state index in [1.54, 1.807) is 0 Å². The first-order chi connectivity index (χ1) is 8.08. The molecule has 1 aromatic rings. The van der Waals surface area contributed by atoms with E-state index in [9.17, 15) is 12.8 Å². The van der Waals surface area contributed by atoms with Gasteiger partial charge in [-0.2, -0.15) is 0 Å². The molecule has 0 aromatic heterocycles. The van der Waals surface area contributed by atoms with Crippen molar-refractivity contribution in [2.24, 2.45) is 0 Å². The summed E-state index contributed by atoms with van der Waals surface area (Å²) in [6.07, 6.45) is 1.75. The zero-order chi connectivity index (χ0) is 12.3. The fourth-order valence-electron chi connectivity index (χ4n) is 1.87. The number of rotatable bonds is 3. The first-order valence-corrected chi connectivity index (χ1v) is 7.05. The zero-order valence-corrected chi connectivity index (χ0v) is 10.1. The molecule has 0 unspecified atom stereocenters. The van der Waals surface area contributed by atoms with Crippen LogP contribution in [0.3, 0.4) is 0 Å². The lowest BCUT2D eigenvalue weighted by atomic mass is 10.1. The third-order valence-electron chi connectivity index (χ3n) is 2.73. The fraction of sp³-hybridized carbons (Fsp3) is 0.455. The van der Waals surface area contributed by atoms with Gasteiger partial charge >= 0.3 is 0 Å². The molecule has 1 aliphatic rings. The largest absolute Gasteiger partial charge is 0.315 e. The maximum atomic E-state index is 13.0. The Balaban J connectivity index is 2.13. The summed E-state index contributed by atoms with van der Waals surface area (Å²) in [6, 6.07) is 4.92. The minimum absolute atomic E-state index is 0.0249. The Hall–Kier alpha value is -0.980. The average molecular weight is 258 g/mol. The molecule has 0 bridgehead atoms. The van der Waals surface area contributed by atoms with Crippen LogP contribution in [-0.2, 0) is 10.0 Å². The number of hydrogen-bond donors (Lipinski definition) is 2. The van der Waals surface area contributed by atoms with Crippen molar-refractivity contribution in [2.75, 3.05) is 13.1 Å². The molecule has 1 heterocycles. The van der Waals surface area contributed by atoms with E-state index in [1.807, 2.05) is 0 Å². The molecular formula is C11H15FN2O2S. The number of benzene rings is 1. The van der Waals surface area contributed by atoms with Crippen molar-refractivity contribution >= 4 is 10.0 Å². The standard InChI is InChI=1S/C11H15FN2O2S/c12-9-3-1-5-11(7-9)17(15,16)14-10-4-2-6-13-8-10/h1,3,5,7,10,13-14H,2,4,6,8H2/t10-/m1/s1. The van der Waals surface area contributed by atoms with E-state index in [0.717, 1.165) is 25.5 Å². The van der Waals surface area contributed by atoms with E-state index in [1.165, 1.54) is 18.2 Å². The van der Waals surface area contributed by atoms with Gasteiger partial charge in [0.15, 0.2) is 0 Å². The van der Waals surface area contributed by atoms with Gasteiger partial charge in [0.25, 0.3) is 0 Å². The molecule has 1 saturated heterocycles. The second kappa shape index (κ2) is 5.12. The monoisotopic (exact) mass is 258 g/mol. The van der Waals surface area contributed by atoms with Gasteiger partial charge < -0.3 is 5.32 Å². The van der Waals surface area contributed by atoms with Gasteiger partial charge in [-0.15, -0.1) is 0 Å². The molecule has 17 heavy (non-hydrogen) atoms. The number of sulfonamides is 1. The molecule has 1 atom stereocenters. The number of piperidine rings is 1. The SMILES string of the molecule is O=S(=O)(N[C@@H]1CCCNC1)c1cccc(F)c1. The molecule has 0 amide bonds. The van der Waals surface area contributed by atoms with Crippen molar-refractivity contribution in [3.8, 4) is 0 Å². The second-order valence-corrected chi connectivity index (χ2v) is 5.84. The Morgan fingerprint density at radius 2 is 2.24 bits per heavy atom. The van der Waals surface area contributed by atoms with Crippen molar-refractivity contribution in [3.05, 3.63) is 30.1 Å². The lowest BCUT2D eigenvalue weighted by Crippen LogP contribution is -2.45. The highest BCUT2D eigenvalue weighted by atomic mass is 32.2. The van der Waals surface area contributed by atoms with E-state index in [0.29, 0.717) is 6.54 Å². The number of nitrogens with one attached hydrogen (secondary N) is 2. The molecule has 1 aliphatic heterocycles. The minimum Gasteiger partial charge on any atom is -0.315 e. The van der Waals surface area contributed by atoms with E-state index >= 15 is 0 Å². The van der Waals surface area contributed by atoms with Crippen LogP contribution in [0.25, 0.3) is 0 Å². The maximum Gasteiger partial charge on any atom is 0.240 e. The first-order valence-electron chi connectivity index (χ1n) is 5.56. The van der Waals surface area contributed by atoms with Crippen LogP contribution in [0.4, 0.5) is 4.39 Å². The van der Waals surface area contributed by atoms with E-state index in [-0.39, 0.29) is 10.9 Å². The molecule has 2 N–H and O–H groups in total. The van der Waals surface area contributed by atoms with Gasteiger partial charge in [0.05, 0.1) is 4.90 Å². The predicted molar refractivity (Wildman–Crippen MR) is 62.6 cm³/mol. The van der Waals surface area contributed by atoms with Gasteiger partial charge in [0.1, 0.15) is 5.82 Å². The van der Waals surface area contributed by atoms with Crippen LogP contribution in [0.2, 0.25) is 0 Å². The van der Waals surface area contributed by atoms with Gasteiger partial charge in [0, 0.05) is 12.6 Å². The molecule has 4 nitrogen and oxygen atoms in total. The van der Waals surface area contributed by atoms with Crippen molar-refractivity contribution < 1.29 is 12.8 Å². The summed E-state index contributed by atoms with van der Waals surface area (Å²) in [4.78, 5) is -0.0249. The van der Waals surface area contributed by atoms with Gasteiger partial charge in [-0.25, -0.2) is 17.5 Å². The Morgan fingerprint density at radius 1 is 1.41 bits per heavy atom. The smallest absolute Gasteiger partial charge is 0.240 e. The van der Waals surface area contributed by atoms with Gasteiger partial charge in [-0.1, -0.05) is 6.07 Å². The van der Waals surface area contributed by atoms with Crippen LogP contribution in [0.5, 0.6) is 0 Å². The highest BCUT2D eigenvalue weighted by Crippen LogP contribution is 2.12. The topological polar surface area (TPSA) is 58.2 Å². The van der Waals surface area contributed by atoms with E-state index in [2.05, 4.69) is 10.0 Å². The molecule has 1 aromatic carbocycles. The quantitative estimate of drug-likeness (QED) is 0.845. The molecule has 2 rings (SSSR count). The zero-order valence-electron chi connectivity index (χ0n) is 9.32. The third kappa shape index (κ3) is 3.24. The van der Waals surface area contributed by atoms with Crippen molar-refractivity contribution in [3.63, 3.8) is 0 Å². The summed E-state index contributed by atoms with van der Waals surface area (Å²) >= 11 is 0. The van der Waals surface area contributed by atoms with Crippen LogP contribution in [0.1, 0.15) is 12.8 Å².